The lowest BCUT2D eigenvalue weighted by atomic mass is 10.0. The zero-order valence-corrected chi connectivity index (χ0v) is 13.0. The van der Waals surface area contributed by atoms with E-state index in [4.69, 9.17) is 9.79 Å². The minimum absolute atomic E-state index is 0.0785. The molecule has 7 nitrogen and oxygen atoms in total. The number of carbonyl (C=O) groups excluding carboxylic acids is 1. The Hall–Kier alpha value is -0.460. The summed E-state index contributed by atoms with van der Waals surface area (Å²) in [5, 5.41) is 11.8. The quantitative estimate of drug-likeness (QED) is 0.336. The van der Waals surface area contributed by atoms with Gasteiger partial charge in [0.1, 0.15) is 0 Å². The van der Waals surface area contributed by atoms with Crippen molar-refractivity contribution in [2.24, 2.45) is 5.92 Å². The van der Waals surface area contributed by atoms with Crippen LogP contribution < -0.4 is 5.32 Å². The average molecular weight is 311 g/mol. The van der Waals surface area contributed by atoms with Gasteiger partial charge in [0, 0.05) is 13.0 Å². The molecule has 0 saturated heterocycles. The lowest BCUT2D eigenvalue weighted by Gasteiger charge is -2.12. The highest BCUT2D eigenvalue weighted by Crippen LogP contribution is 2.35. The number of phosphoric acid groups is 1. The van der Waals surface area contributed by atoms with E-state index in [1.54, 1.807) is 0 Å². The normalized spacial score (nSPS) is 13.5. The van der Waals surface area contributed by atoms with Crippen molar-refractivity contribution in [3.63, 3.8) is 0 Å². The van der Waals surface area contributed by atoms with Crippen LogP contribution in [0, 0.1) is 5.92 Å². The van der Waals surface area contributed by atoms with Crippen molar-refractivity contribution in [1.82, 2.24) is 5.32 Å². The van der Waals surface area contributed by atoms with Crippen LogP contribution in [0.15, 0.2) is 0 Å². The monoisotopic (exact) mass is 311 g/mol. The van der Waals surface area contributed by atoms with Crippen molar-refractivity contribution in [2.75, 3.05) is 13.2 Å². The summed E-state index contributed by atoms with van der Waals surface area (Å²) in [7, 11) is -4.57. The Bertz CT molecular complexity index is 317. The van der Waals surface area contributed by atoms with Crippen LogP contribution in [0.2, 0.25) is 0 Å². The molecule has 0 rings (SSSR count). The molecular formula is C12H26NO6P. The molecule has 0 aliphatic carbocycles. The first-order valence-electron chi connectivity index (χ1n) is 6.85. The van der Waals surface area contributed by atoms with Crippen LogP contribution in [0.25, 0.3) is 0 Å². The highest BCUT2D eigenvalue weighted by atomic mass is 31.2. The number of hydrogen-bond donors (Lipinski definition) is 4. The molecular weight excluding hydrogens is 285 g/mol. The lowest BCUT2D eigenvalue weighted by Crippen LogP contribution is -2.34. The molecule has 1 unspecified atom stereocenters. The van der Waals surface area contributed by atoms with E-state index in [-0.39, 0.29) is 12.5 Å². The number of rotatable bonds is 11. The highest BCUT2D eigenvalue weighted by Gasteiger charge is 2.17. The van der Waals surface area contributed by atoms with Crippen LogP contribution in [0.3, 0.4) is 0 Å². The van der Waals surface area contributed by atoms with Crippen LogP contribution in [0.5, 0.6) is 0 Å². The average Bonchev–Trinajstić information content (AvgIpc) is 2.32. The molecule has 0 aliphatic rings. The Morgan fingerprint density at radius 1 is 1.25 bits per heavy atom. The molecule has 4 N–H and O–H groups in total. The van der Waals surface area contributed by atoms with Crippen molar-refractivity contribution in [1.29, 1.82) is 0 Å². The van der Waals surface area contributed by atoms with Crippen LogP contribution >= 0.6 is 7.82 Å². The van der Waals surface area contributed by atoms with E-state index >= 15 is 0 Å². The molecule has 0 aromatic carbocycles. The van der Waals surface area contributed by atoms with E-state index < -0.39 is 20.5 Å². The number of phosphoric ester groups is 1. The minimum atomic E-state index is -4.57. The van der Waals surface area contributed by atoms with Crippen molar-refractivity contribution in [3.05, 3.63) is 0 Å². The second-order valence-corrected chi connectivity index (χ2v) is 6.48. The smallest absolute Gasteiger partial charge is 0.389 e. The summed E-state index contributed by atoms with van der Waals surface area (Å²) in [5.74, 6) is 0.498. The number of amides is 1. The van der Waals surface area contributed by atoms with Gasteiger partial charge in [0.2, 0.25) is 5.91 Å². The fourth-order valence-electron chi connectivity index (χ4n) is 1.58. The van der Waals surface area contributed by atoms with E-state index in [0.717, 1.165) is 25.7 Å². The molecule has 0 bridgehead atoms. The van der Waals surface area contributed by atoms with Gasteiger partial charge in [-0.2, -0.15) is 0 Å². The van der Waals surface area contributed by atoms with E-state index in [0.29, 0.717) is 12.3 Å². The highest BCUT2D eigenvalue weighted by molar-refractivity contribution is 7.46. The van der Waals surface area contributed by atoms with Crippen LogP contribution in [-0.2, 0) is 13.9 Å². The lowest BCUT2D eigenvalue weighted by molar-refractivity contribution is -0.121. The minimum Gasteiger partial charge on any atom is -0.389 e. The van der Waals surface area contributed by atoms with Gasteiger partial charge < -0.3 is 20.2 Å². The molecule has 8 heteroatoms. The molecule has 20 heavy (non-hydrogen) atoms. The van der Waals surface area contributed by atoms with E-state index in [2.05, 4.69) is 23.7 Å². The largest absolute Gasteiger partial charge is 0.469 e. The van der Waals surface area contributed by atoms with Gasteiger partial charge in [-0.15, -0.1) is 0 Å². The van der Waals surface area contributed by atoms with E-state index in [1.165, 1.54) is 0 Å². The molecule has 0 radical (unpaired) electrons. The van der Waals surface area contributed by atoms with Crippen molar-refractivity contribution < 1.29 is 28.8 Å². The molecule has 0 aliphatic heterocycles. The molecule has 0 aromatic rings. The van der Waals surface area contributed by atoms with Crippen LogP contribution in [0.1, 0.15) is 46.0 Å². The van der Waals surface area contributed by atoms with Crippen LogP contribution in [-0.4, -0.2) is 40.1 Å². The number of hydrogen-bond acceptors (Lipinski definition) is 4. The Balaban J connectivity index is 3.55. The zero-order valence-electron chi connectivity index (χ0n) is 12.1. The van der Waals surface area contributed by atoms with Gasteiger partial charge in [0.05, 0.1) is 12.7 Å². The maximum absolute atomic E-state index is 11.4. The Labute approximate surface area is 120 Å². The maximum Gasteiger partial charge on any atom is 0.469 e. The van der Waals surface area contributed by atoms with Crippen molar-refractivity contribution in [3.8, 4) is 0 Å². The molecule has 0 heterocycles. The molecule has 0 aromatic heterocycles. The number of unbranched alkanes of at least 4 members (excludes halogenated alkanes) is 2. The first-order chi connectivity index (χ1) is 9.20. The van der Waals surface area contributed by atoms with Crippen LogP contribution in [0.4, 0.5) is 0 Å². The summed E-state index contributed by atoms with van der Waals surface area (Å²) in [5.41, 5.74) is 0. The molecule has 120 valence electrons. The summed E-state index contributed by atoms with van der Waals surface area (Å²) in [6.45, 7) is 3.73. The van der Waals surface area contributed by atoms with Crippen molar-refractivity contribution in [2.45, 2.75) is 52.1 Å². The fraction of sp³-hybridized carbons (Fsp3) is 0.917. The molecule has 1 amide bonds. The van der Waals surface area contributed by atoms with Gasteiger partial charge in [0.15, 0.2) is 0 Å². The predicted octanol–water partition coefficient (Wildman–Crippen LogP) is 1.18. The summed E-state index contributed by atoms with van der Waals surface area (Å²) in [6.07, 6.45) is 3.31. The van der Waals surface area contributed by atoms with Gasteiger partial charge in [-0.1, -0.05) is 33.1 Å². The van der Waals surface area contributed by atoms with Gasteiger partial charge in [-0.25, -0.2) is 4.57 Å². The Kier molecular flexibility index (Phi) is 10.1. The topological polar surface area (TPSA) is 116 Å². The van der Waals surface area contributed by atoms with E-state index in [9.17, 15) is 14.5 Å². The molecule has 1 atom stereocenters. The number of aliphatic hydroxyl groups excluding tert-OH is 1. The molecule has 0 saturated carbocycles. The summed E-state index contributed by atoms with van der Waals surface area (Å²) < 4.78 is 14.5. The summed E-state index contributed by atoms with van der Waals surface area (Å²) in [6, 6.07) is 0. The summed E-state index contributed by atoms with van der Waals surface area (Å²) in [4.78, 5) is 28.3. The van der Waals surface area contributed by atoms with Gasteiger partial charge in [-0.3, -0.25) is 9.32 Å². The third-order valence-electron chi connectivity index (χ3n) is 2.66. The van der Waals surface area contributed by atoms with Gasteiger partial charge in [0.25, 0.3) is 0 Å². The first-order valence-corrected chi connectivity index (χ1v) is 8.38. The Morgan fingerprint density at radius 3 is 2.45 bits per heavy atom. The second kappa shape index (κ2) is 10.3. The number of nitrogens with one attached hydrogen (secondary N) is 1. The standard InChI is InChI=1S/C12H26NO6P/c1-10(2)6-4-3-5-7-12(15)13-8-11(14)9-19-20(16,17)18/h10-11,14H,3-9H2,1-2H3,(H,13,15)(H2,16,17,18). The maximum atomic E-state index is 11.4. The molecule has 0 spiro atoms. The summed E-state index contributed by atoms with van der Waals surface area (Å²) >= 11 is 0. The SMILES string of the molecule is CC(C)CCCCCC(=O)NCC(O)COP(=O)(O)O. The Morgan fingerprint density at radius 2 is 1.90 bits per heavy atom. The third kappa shape index (κ3) is 14.0. The fourth-order valence-corrected chi connectivity index (χ4v) is 1.94. The van der Waals surface area contributed by atoms with E-state index in [1.807, 2.05) is 0 Å². The number of aliphatic hydroxyl groups is 1. The second-order valence-electron chi connectivity index (χ2n) is 5.24. The van der Waals surface area contributed by atoms with Crippen molar-refractivity contribution >= 4 is 13.7 Å². The molecule has 0 fully saturated rings. The third-order valence-corrected chi connectivity index (χ3v) is 3.14. The predicted molar refractivity (Wildman–Crippen MR) is 74.9 cm³/mol. The first kappa shape index (κ1) is 19.5. The number of carbonyl (C=O) groups is 1. The zero-order chi connectivity index (χ0) is 15.6. The van der Waals surface area contributed by atoms with Gasteiger partial charge >= 0.3 is 7.82 Å². The van der Waals surface area contributed by atoms with Gasteiger partial charge in [-0.05, 0) is 12.3 Å².